The SMILES string of the molecule is COC(=O)c1c(C)oc(NC(=O)CCc2nc3ccccc3[nH]c2=O)c1C#N. The van der Waals surface area contributed by atoms with Crippen molar-refractivity contribution in [1.82, 2.24) is 9.97 Å². The molecule has 3 aromatic rings. The number of aromatic amines is 1. The fourth-order valence-corrected chi connectivity index (χ4v) is 2.75. The van der Waals surface area contributed by atoms with Crippen molar-refractivity contribution in [2.24, 2.45) is 0 Å². The average molecular weight is 380 g/mol. The zero-order valence-electron chi connectivity index (χ0n) is 15.2. The minimum Gasteiger partial charge on any atom is -0.465 e. The second-order valence-corrected chi connectivity index (χ2v) is 5.92. The van der Waals surface area contributed by atoms with Gasteiger partial charge >= 0.3 is 5.97 Å². The first-order chi connectivity index (χ1) is 13.4. The van der Waals surface area contributed by atoms with Crippen LogP contribution >= 0.6 is 0 Å². The van der Waals surface area contributed by atoms with Gasteiger partial charge in [0.05, 0.1) is 18.1 Å². The Hall–Kier alpha value is -3.93. The standard InChI is InChI=1S/C19H16N4O5/c1-10-16(19(26)27-2)11(9-20)18(28-10)23-15(24)8-7-14-17(25)22-13-6-4-3-5-12(13)21-14/h3-6H,7-8H2,1-2H3,(H,22,25)(H,23,24). The second kappa shape index (κ2) is 7.75. The quantitative estimate of drug-likeness (QED) is 0.646. The van der Waals surface area contributed by atoms with Gasteiger partial charge in [-0.2, -0.15) is 5.26 Å². The van der Waals surface area contributed by atoms with E-state index < -0.39 is 11.9 Å². The van der Waals surface area contributed by atoms with Crippen molar-refractivity contribution in [3.8, 4) is 6.07 Å². The van der Waals surface area contributed by atoms with Crippen molar-refractivity contribution in [2.45, 2.75) is 19.8 Å². The number of aromatic nitrogens is 2. The van der Waals surface area contributed by atoms with Gasteiger partial charge in [-0.25, -0.2) is 9.78 Å². The number of methoxy groups -OCH3 is 1. The van der Waals surface area contributed by atoms with E-state index in [4.69, 9.17) is 4.42 Å². The molecule has 28 heavy (non-hydrogen) atoms. The third-order valence-corrected chi connectivity index (χ3v) is 4.10. The van der Waals surface area contributed by atoms with Crippen LogP contribution < -0.4 is 10.9 Å². The fraction of sp³-hybridized carbons (Fsp3) is 0.211. The van der Waals surface area contributed by atoms with E-state index in [1.165, 1.54) is 14.0 Å². The molecule has 2 N–H and O–H groups in total. The number of ether oxygens (including phenoxy) is 1. The van der Waals surface area contributed by atoms with Gasteiger partial charge in [0.2, 0.25) is 11.8 Å². The van der Waals surface area contributed by atoms with Gasteiger partial charge in [0, 0.05) is 12.8 Å². The molecule has 0 saturated heterocycles. The number of nitrogens with zero attached hydrogens (tertiary/aromatic N) is 2. The van der Waals surface area contributed by atoms with Crippen molar-refractivity contribution < 1.29 is 18.7 Å². The molecule has 1 aromatic carbocycles. The highest BCUT2D eigenvalue weighted by Gasteiger charge is 2.25. The zero-order valence-corrected chi connectivity index (χ0v) is 15.2. The highest BCUT2D eigenvalue weighted by Crippen LogP contribution is 2.27. The zero-order chi connectivity index (χ0) is 20.3. The molecular weight excluding hydrogens is 364 g/mol. The summed E-state index contributed by atoms with van der Waals surface area (Å²) in [7, 11) is 1.18. The molecule has 142 valence electrons. The summed E-state index contributed by atoms with van der Waals surface area (Å²) in [5.41, 5.74) is 0.938. The van der Waals surface area contributed by atoms with Gasteiger partial charge in [0.15, 0.2) is 0 Å². The maximum absolute atomic E-state index is 12.3. The number of para-hydroxylation sites is 2. The van der Waals surface area contributed by atoms with Crippen molar-refractivity contribution in [3.05, 3.63) is 57.2 Å². The number of benzene rings is 1. The van der Waals surface area contributed by atoms with Gasteiger partial charge < -0.3 is 14.1 Å². The first-order valence-corrected chi connectivity index (χ1v) is 8.34. The molecule has 9 nitrogen and oxygen atoms in total. The van der Waals surface area contributed by atoms with E-state index in [2.05, 4.69) is 20.0 Å². The summed E-state index contributed by atoms with van der Waals surface area (Å²) >= 11 is 0. The summed E-state index contributed by atoms with van der Waals surface area (Å²) in [5, 5.41) is 11.7. The molecule has 1 amide bonds. The lowest BCUT2D eigenvalue weighted by Gasteiger charge is -2.04. The number of hydrogen-bond donors (Lipinski definition) is 2. The molecule has 9 heteroatoms. The normalized spacial score (nSPS) is 10.5. The molecule has 0 aliphatic rings. The summed E-state index contributed by atoms with van der Waals surface area (Å²) < 4.78 is 9.95. The average Bonchev–Trinajstić information content (AvgIpc) is 3.00. The Kier molecular flexibility index (Phi) is 5.22. The van der Waals surface area contributed by atoms with Gasteiger partial charge in [-0.05, 0) is 19.1 Å². The predicted octanol–water partition coefficient (Wildman–Crippen LogP) is 2.05. The number of furan rings is 1. The number of nitriles is 1. The number of aryl methyl sites for hydroxylation is 2. The molecule has 0 bridgehead atoms. The number of anilines is 1. The fourth-order valence-electron chi connectivity index (χ4n) is 2.75. The highest BCUT2D eigenvalue weighted by molar-refractivity contribution is 5.98. The Morgan fingerprint density at radius 1 is 1.36 bits per heavy atom. The van der Waals surface area contributed by atoms with Crippen molar-refractivity contribution in [1.29, 1.82) is 5.26 Å². The van der Waals surface area contributed by atoms with Crippen LogP contribution in [-0.2, 0) is 16.0 Å². The van der Waals surface area contributed by atoms with Gasteiger partial charge in [-0.3, -0.25) is 14.9 Å². The molecule has 0 atom stereocenters. The molecule has 0 spiro atoms. The number of carbonyl (C=O) groups excluding carboxylic acids is 2. The van der Waals surface area contributed by atoms with Gasteiger partial charge in [-0.15, -0.1) is 0 Å². The maximum Gasteiger partial charge on any atom is 0.342 e. The molecular formula is C19H16N4O5. The number of rotatable bonds is 5. The summed E-state index contributed by atoms with van der Waals surface area (Å²) in [6.07, 6.45) is 0.0318. The van der Waals surface area contributed by atoms with E-state index in [-0.39, 0.29) is 46.9 Å². The summed E-state index contributed by atoms with van der Waals surface area (Å²) in [5.74, 6) is -1.20. The van der Waals surface area contributed by atoms with Crippen LogP contribution in [0, 0.1) is 18.3 Å². The number of esters is 1. The van der Waals surface area contributed by atoms with Crippen LogP contribution in [0.15, 0.2) is 33.5 Å². The van der Waals surface area contributed by atoms with Gasteiger partial charge in [-0.1, -0.05) is 12.1 Å². The third kappa shape index (κ3) is 3.61. The molecule has 3 rings (SSSR count). The molecule has 2 aromatic heterocycles. The molecule has 0 saturated carbocycles. The topological polar surface area (TPSA) is 138 Å². The van der Waals surface area contributed by atoms with Crippen LogP contribution in [0.2, 0.25) is 0 Å². The number of carbonyl (C=O) groups is 2. The van der Waals surface area contributed by atoms with E-state index in [0.29, 0.717) is 11.0 Å². The van der Waals surface area contributed by atoms with E-state index >= 15 is 0 Å². The van der Waals surface area contributed by atoms with Crippen LogP contribution in [0.3, 0.4) is 0 Å². The summed E-state index contributed by atoms with van der Waals surface area (Å²) in [6.45, 7) is 1.49. The lowest BCUT2D eigenvalue weighted by molar-refractivity contribution is -0.116. The van der Waals surface area contributed by atoms with Crippen LogP contribution in [0.4, 0.5) is 5.88 Å². The molecule has 0 aliphatic carbocycles. The maximum atomic E-state index is 12.3. The lowest BCUT2D eigenvalue weighted by Crippen LogP contribution is -2.19. The Morgan fingerprint density at radius 2 is 2.11 bits per heavy atom. The smallest absolute Gasteiger partial charge is 0.342 e. The Labute approximate surface area is 158 Å². The van der Waals surface area contributed by atoms with Crippen molar-refractivity contribution >= 4 is 28.8 Å². The predicted molar refractivity (Wildman–Crippen MR) is 98.8 cm³/mol. The van der Waals surface area contributed by atoms with E-state index in [1.54, 1.807) is 24.3 Å². The van der Waals surface area contributed by atoms with E-state index in [1.807, 2.05) is 6.07 Å². The molecule has 0 radical (unpaired) electrons. The van der Waals surface area contributed by atoms with E-state index in [0.717, 1.165) is 0 Å². The number of nitrogens with one attached hydrogen (secondary N) is 2. The monoisotopic (exact) mass is 380 g/mol. The Balaban J connectivity index is 1.75. The van der Waals surface area contributed by atoms with E-state index in [9.17, 15) is 19.6 Å². The molecule has 2 heterocycles. The van der Waals surface area contributed by atoms with Gasteiger partial charge in [0.1, 0.15) is 28.7 Å². The first kappa shape index (κ1) is 18.8. The second-order valence-electron chi connectivity index (χ2n) is 5.92. The highest BCUT2D eigenvalue weighted by atomic mass is 16.5. The molecule has 0 fully saturated rings. The van der Waals surface area contributed by atoms with Crippen molar-refractivity contribution in [3.63, 3.8) is 0 Å². The van der Waals surface area contributed by atoms with Crippen LogP contribution in [0.25, 0.3) is 11.0 Å². The third-order valence-electron chi connectivity index (χ3n) is 4.10. The van der Waals surface area contributed by atoms with Gasteiger partial charge in [0.25, 0.3) is 5.56 Å². The summed E-state index contributed by atoms with van der Waals surface area (Å²) in [4.78, 5) is 43.1. The van der Waals surface area contributed by atoms with Crippen LogP contribution in [-0.4, -0.2) is 29.0 Å². The lowest BCUT2D eigenvalue weighted by atomic mass is 10.1. The Morgan fingerprint density at radius 3 is 2.82 bits per heavy atom. The molecule has 0 unspecified atom stereocenters. The number of amides is 1. The number of fused-ring (bicyclic) bond motifs is 1. The van der Waals surface area contributed by atoms with Crippen LogP contribution in [0.1, 0.15) is 33.8 Å². The largest absolute Gasteiger partial charge is 0.465 e. The number of hydrogen-bond acceptors (Lipinski definition) is 7. The van der Waals surface area contributed by atoms with Crippen molar-refractivity contribution in [2.75, 3.05) is 12.4 Å². The Bertz CT molecular complexity index is 1170. The molecule has 0 aliphatic heterocycles. The minimum atomic E-state index is -0.731. The first-order valence-electron chi connectivity index (χ1n) is 8.34. The number of H-pyrrole nitrogens is 1. The minimum absolute atomic E-state index is 0.0343. The summed E-state index contributed by atoms with van der Waals surface area (Å²) in [6, 6.07) is 8.91. The van der Waals surface area contributed by atoms with Crippen LogP contribution in [0.5, 0.6) is 0 Å².